The zero-order valence-corrected chi connectivity index (χ0v) is 18.8. The molecule has 8 nitrogen and oxygen atoms in total. The zero-order chi connectivity index (χ0) is 22.3. The quantitative estimate of drug-likeness (QED) is 0.563. The van der Waals surface area contributed by atoms with Gasteiger partial charge in [0, 0.05) is 38.1 Å². The third-order valence-corrected chi connectivity index (χ3v) is 6.26. The maximum atomic E-state index is 12.7. The summed E-state index contributed by atoms with van der Waals surface area (Å²) in [5.74, 6) is 0.803. The van der Waals surface area contributed by atoms with E-state index in [4.69, 9.17) is 9.15 Å². The molecular formula is C23H26N4O4S. The van der Waals surface area contributed by atoms with E-state index in [9.17, 15) is 9.59 Å². The van der Waals surface area contributed by atoms with Gasteiger partial charge in [0.2, 0.25) is 5.91 Å². The van der Waals surface area contributed by atoms with E-state index in [0.717, 1.165) is 31.8 Å². The van der Waals surface area contributed by atoms with Crippen LogP contribution in [0.4, 0.5) is 5.13 Å². The van der Waals surface area contributed by atoms with Crippen molar-refractivity contribution in [1.82, 2.24) is 14.8 Å². The lowest BCUT2D eigenvalue weighted by atomic mass is 10.1. The fourth-order valence-electron chi connectivity index (χ4n) is 3.58. The Bertz CT molecular complexity index is 1020. The maximum absolute atomic E-state index is 12.7. The van der Waals surface area contributed by atoms with Gasteiger partial charge in [-0.25, -0.2) is 4.98 Å². The predicted molar refractivity (Wildman–Crippen MR) is 122 cm³/mol. The minimum atomic E-state index is -0.354. The molecule has 1 aliphatic rings. The molecule has 9 heteroatoms. The third-order valence-electron chi connectivity index (χ3n) is 5.45. The average molecular weight is 455 g/mol. The van der Waals surface area contributed by atoms with Crippen molar-refractivity contribution < 1.29 is 18.7 Å². The number of amides is 2. The summed E-state index contributed by atoms with van der Waals surface area (Å²) in [6, 6.07) is 11.4. The normalized spacial score (nSPS) is 14.3. The van der Waals surface area contributed by atoms with Crippen LogP contribution >= 0.6 is 11.3 Å². The van der Waals surface area contributed by atoms with Crippen molar-refractivity contribution in [2.75, 3.05) is 45.2 Å². The Morgan fingerprint density at radius 2 is 1.94 bits per heavy atom. The SMILES string of the molecule is COc1ccc(CCN2CCN(C(=O)Cc3csc(NC(=O)c4ccco4)n3)CC2)cc1. The number of ether oxygens (including phenoxy) is 1. The van der Waals surface area contributed by atoms with E-state index >= 15 is 0 Å². The van der Waals surface area contributed by atoms with Gasteiger partial charge in [0.25, 0.3) is 5.91 Å². The number of methoxy groups -OCH3 is 1. The monoisotopic (exact) mass is 454 g/mol. The highest BCUT2D eigenvalue weighted by atomic mass is 32.1. The van der Waals surface area contributed by atoms with Crippen molar-refractivity contribution in [2.45, 2.75) is 12.8 Å². The number of thiazole rings is 1. The number of hydrogen-bond acceptors (Lipinski definition) is 7. The molecule has 0 radical (unpaired) electrons. The number of nitrogens with zero attached hydrogens (tertiary/aromatic N) is 3. The molecule has 0 spiro atoms. The number of rotatable bonds is 8. The van der Waals surface area contributed by atoms with E-state index in [1.54, 1.807) is 24.6 Å². The molecule has 1 aromatic carbocycles. The summed E-state index contributed by atoms with van der Waals surface area (Å²) in [4.78, 5) is 33.4. The molecule has 4 rings (SSSR count). The van der Waals surface area contributed by atoms with E-state index < -0.39 is 0 Å². The molecule has 3 aromatic rings. The van der Waals surface area contributed by atoms with Gasteiger partial charge in [-0.2, -0.15) is 0 Å². The number of hydrogen-bond donors (Lipinski definition) is 1. The first-order valence-electron chi connectivity index (χ1n) is 10.5. The van der Waals surface area contributed by atoms with Crippen LogP contribution in [0.1, 0.15) is 21.8 Å². The lowest BCUT2D eigenvalue weighted by Crippen LogP contribution is -2.49. The number of furan rings is 1. The summed E-state index contributed by atoms with van der Waals surface area (Å²) in [7, 11) is 1.67. The van der Waals surface area contributed by atoms with Crippen LogP contribution in [0.15, 0.2) is 52.5 Å². The fourth-order valence-corrected chi connectivity index (χ4v) is 4.28. The highest BCUT2D eigenvalue weighted by Crippen LogP contribution is 2.18. The van der Waals surface area contributed by atoms with Gasteiger partial charge >= 0.3 is 0 Å². The Kier molecular flexibility index (Phi) is 7.18. The molecule has 1 saturated heterocycles. The molecule has 0 saturated carbocycles. The van der Waals surface area contributed by atoms with E-state index in [0.29, 0.717) is 23.9 Å². The van der Waals surface area contributed by atoms with Crippen LogP contribution in [-0.2, 0) is 17.6 Å². The minimum absolute atomic E-state index is 0.0639. The van der Waals surface area contributed by atoms with Crippen molar-refractivity contribution in [2.24, 2.45) is 0 Å². The number of benzene rings is 1. The van der Waals surface area contributed by atoms with Crippen LogP contribution < -0.4 is 10.1 Å². The summed E-state index contributed by atoms with van der Waals surface area (Å²) in [6.07, 6.45) is 2.65. The molecule has 0 unspecified atom stereocenters. The summed E-state index contributed by atoms with van der Waals surface area (Å²) < 4.78 is 10.3. The van der Waals surface area contributed by atoms with Gasteiger partial charge in [-0.15, -0.1) is 11.3 Å². The first-order chi connectivity index (χ1) is 15.6. The van der Waals surface area contributed by atoms with Crippen LogP contribution in [0.3, 0.4) is 0 Å². The second-order valence-corrected chi connectivity index (χ2v) is 8.43. The molecule has 1 N–H and O–H groups in total. The van der Waals surface area contributed by atoms with E-state index in [1.165, 1.54) is 23.2 Å². The van der Waals surface area contributed by atoms with Crippen molar-refractivity contribution in [1.29, 1.82) is 0 Å². The van der Waals surface area contributed by atoms with Gasteiger partial charge in [-0.1, -0.05) is 12.1 Å². The highest BCUT2D eigenvalue weighted by Gasteiger charge is 2.22. The van der Waals surface area contributed by atoms with Crippen molar-refractivity contribution in [3.63, 3.8) is 0 Å². The third kappa shape index (κ3) is 5.74. The molecule has 32 heavy (non-hydrogen) atoms. The minimum Gasteiger partial charge on any atom is -0.497 e. The van der Waals surface area contributed by atoms with E-state index in [-0.39, 0.29) is 24.0 Å². The first-order valence-corrected chi connectivity index (χ1v) is 11.4. The second-order valence-electron chi connectivity index (χ2n) is 7.57. The van der Waals surface area contributed by atoms with Crippen molar-refractivity contribution >= 4 is 28.3 Å². The van der Waals surface area contributed by atoms with Crippen molar-refractivity contribution in [3.05, 3.63) is 65.1 Å². The van der Waals surface area contributed by atoms with Crippen LogP contribution in [0.5, 0.6) is 5.75 Å². The maximum Gasteiger partial charge on any atom is 0.293 e. The van der Waals surface area contributed by atoms with Crippen molar-refractivity contribution in [3.8, 4) is 5.75 Å². The van der Waals surface area contributed by atoms with Crippen LogP contribution in [0, 0.1) is 0 Å². The number of carbonyl (C=O) groups is 2. The lowest BCUT2D eigenvalue weighted by molar-refractivity contribution is -0.132. The van der Waals surface area contributed by atoms with Gasteiger partial charge in [0.15, 0.2) is 10.9 Å². The predicted octanol–water partition coefficient (Wildman–Crippen LogP) is 2.93. The van der Waals surface area contributed by atoms with Gasteiger partial charge in [-0.05, 0) is 36.2 Å². The molecule has 0 atom stereocenters. The Hall–Kier alpha value is -3.17. The number of piperazine rings is 1. The average Bonchev–Trinajstić information content (AvgIpc) is 3.51. The molecule has 3 heterocycles. The summed E-state index contributed by atoms with van der Waals surface area (Å²) in [6.45, 7) is 4.13. The molecular weight excluding hydrogens is 428 g/mol. The Morgan fingerprint density at radius 1 is 1.16 bits per heavy atom. The molecule has 2 amide bonds. The largest absolute Gasteiger partial charge is 0.497 e. The Morgan fingerprint density at radius 3 is 2.62 bits per heavy atom. The Balaban J connectivity index is 1.20. The van der Waals surface area contributed by atoms with E-state index in [2.05, 4.69) is 27.3 Å². The molecule has 1 fully saturated rings. The molecule has 2 aromatic heterocycles. The number of carbonyl (C=O) groups excluding carboxylic acids is 2. The molecule has 1 aliphatic heterocycles. The van der Waals surface area contributed by atoms with Gasteiger partial charge < -0.3 is 14.1 Å². The Labute approximate surface area is 190 Å². The number of anilines is 1. The topological polar surface area (TPSA) is 87.9 Å². The number of aromatic nitrogens is 1. The number of nitrogens with one attached hydrogen (secondary N) is 1. The lowest BCUT2D eigenvalue weighted by Gasteiger charge is -2.34. The standard InChI is InChI=1S/C23H26N4O4S/c1-30-19-6-4-17(5-7-19)8-9-26-10-12-27(13-11-26)21(28)15-18-16-32-23(24-18)25-22(29)20-3-2-14-31-20/h2-7,14,16H,8-13,15H2,1H3,(H,24,25,29). The van der Waals surface area contributed by atoms with Gasteiger partial charge in [0.05, 0.1) is 25.5 Å². The smallest absolute Gasteiger partial charge is 0.293 e. The zero-order valence-electron chi connectivity index (χ0n) is 18.0. The first kappa shape index (κ1) is 22.0. The summed E-state index contributed by atoms with van der Waals surface area (Å²) in [5.41, 5.74) is 1.94. The van der Waals surface area contributed by atoms with Crippen LogP contribution in [0.25, 0.3) is 0 Å². The van der Waals surface area contributed by atoms with Gasteiger partial charge in [-0.3, -0.25) is 19.8 Å². The fraction of sp³-hybridized carbons (Fsp3) is 0.348. The van der Waals surface area contributed by atoms with Gasteiger partial charge in [0.1, 0.15) is 5.75 Å². The molecule has 168 valence electrons. The molecule has 0 aliphatic carbocycles. The van der Waals surface area contributed by atoms with E-state index in [1.807, 2.05) is 17.0 Å². The summed E-state index contributed by atoms with van der Waals surface area (Å²) in [5, 5.41) is 4.96. The second kappa shape index (κ2) is 10.4. The highest BCUT2D eigenvalue weighted by molar-refractivity contribution is 7.14. The van der Waals surface area contributed by atoms with Crippen LogP contribution in [0.2, 0.25) is 0 Å². The van der Waals surface area contributed by atoms with Crippen LogP contribution in [-0.4, -0.2) is 66.4 Å². The summed E-state index contributed by atoms with van der Waals surface area (Å²) >= 11 is 1.30. The molecule has 0 bridgehead atoms.